The molecule has 1 aromatic rings. The Balaban J connectivity index is 1.76. The summed E-state index contributed by atoms with van der Waals surface area (Å²) in [5.41, 5.74) is 0.634. The molecule has 2 N–H and O–H groups in total. The van der Waals surface area contributed by atoms with E-state index in [9.17, 15) is 4.79 Å². The molecule has 1 heterocycles. The third-order valence-corrected chi connectivity index (χ3v) is 3.65. The van der Waals surface area contributed by atoms with Crippen molar-refractivity contribution in [2.45, 2.75) is 12.8 Å². The molecule has 0 aromatic heterocycles. The number of hydrogen-bond acceptors (Lipinski definition) is 4. The third kappa shape index (κ3) is 5.36. The van der Waals surface area contributed by atoms with Crippen LogP contribution in [0.4, 0.5) is 0 Å². The van der Waals surface area contributed by atoms with Crippen LogP contribution in [0.25, 0.3) is 0 Å². The Morgan fingerprint density at radius 2 is 2.33 bits per heavy atom. The highest BCUT2D eigenvalue weighted by atomic mass is 16.5. The zero-order chi connectivity index (χ0) is 14.9. The monoisotopic (exact) mass is 292 g/mol. The van der Waals surface area contributed by atoms with Crippen LogP contribution in [-0.4, -0.2) is 45.9 Å². The number of ether oxygens (including phenoxy) is 2. The Bertz CT molecular complexity index is 445. The van der Waals surface area contributed by atoms with Gasteiger partial charge in [0.15, 0.2) is 0 Å². The summed E-state index contributed by atoms with van der Waals surface area (Å²) < 4.78 is 10.4. The summed E-state index contributed by atoms with van der Waals surface area (Å²) in [6.07, 6.45) is 2.24. The van der Waals surface area contributed by atoms with E-state index >= 15 is 0 Å². The van der Waals surface area contributed by atoms with Crippen molar-refractivity contribution in [2.24, 2.45) is 5.92 Å². The SMILES string of the molecule is COCCOc1cccc(C(=O)NCCC2CCNC2)c1. The number of benzene rings is 1. The number of carbonyl (C=O) groups is 1. The van der Waals surface area contributed by atoms with Crippen molar-refractivity contribution in [3.05, 3.63) is 29.8 Å². The van der Waals surface area contributed by atoms with Gasteiger partial charge in [0.2, 0.25) is 0 Å². The molecule has 1 aromatic carbocycles. The Hall–Kier alpha value is -1.59. The second kappa shape index (κ2) is 8.64. The third-order valence-electron chi connectivity index (χ3n) is 3.65. The molecule has 0 aliphatic carbocycles. The van der Waals surface area contributed by atoms with Gasteiger partial charge in [-0.1, -0.05) is 6.07 Å². The highest BCUT2D eigenvalue weighted by molar-refractivity contribution is 5.94. The first-order valence-corrected chi connectivity index (χ1v) is 7.50. The van der Waals surface area contributed by atoms with Crippen LogP contribution in [0.3, 0.4) is 0 Å². The lowest BCUT2D eigenvalue weighted by Crippen LogP contribution is -2.26. The summed E-state index contributed by atoms with van der Waals surface area (Å²) >= 11 is 0. The van der Waals surface area contributed by atoms with Crippen LogP contribution in [0.2, 0.25) is 0 Å². The van der Waals surface area contributed by atoms with E-state index in [0.29, 0.717) is 30.4 Å². The van der Waals surface area contributed by atoms with Crippen molar-refractivity contribution >= 4 is 5.91 Å². The van der Waals surface area contributed by atoms with Gasteiger partial charge in [-0.15, -0.1) is 0 Å². The van der Waals surface area contributed by atoms with E-state index < -0.39 is 0 Å². The number of nitrogens with one attached hydrogen (secondary N) is 2. The summed E-state index contributed by atoms with van der Waals surface area (Å²) in [4.78, 5) is 12.1. The molecule has 0 radical (unpaired) electrons. The molecule has 2 rings (SSSR count). The van der Waals surface area contributed by atoms with Crippen molar-refractivity contribution in [1.82, 2.24) is 10.6 Å². The summed E-state index contributed by atoms with van der Waals surface area (Å²) in [6.45, 7) is 3.90. The Labute approximate surface area is 126 Å². The first kappa shape index (κ1) is 15.8. The highest BCUT2D eigenvalue weighted by Crippen LogP contribution is 2.14. The Morgan fingerprint density at radius 1 is 1.43 bits per heavy atom. The minimum atomic E-state index is -0.0434. The highest BCUT2D eigenvalue weighted by Gasteiger charge is 2.14. The second-order valence-corrected chi connectivity index (χ2v) is 5.27. The molecule has 0 bridgehead atoms. The van der Waals surface area contributed by atoms with Crippen molar-refractivity contribution in [1.29, 1.82) is 0 Å². The standard InChI is InChI=1S/C16H24N2O3/c1-20-9-10-21-15-4-2-3-14(11-15)16(19)18-8-6-13-5-7-17-12-13/h2-4,11,13,17H,5-10,12H2,1H3,(H,18,19). The molecule has 1 aliphatic heterocycles. The predicted octanol–water partition coefficient (Wildman–Crippen LogP) is 1.44. The molecule has 1 amide bonds. The number of methoxy groups -OCH3 is 1. The second-order valence-electron chi connectivity index (χ2n) is 5.27. The number of rotatable bonds is 8. The van der Waals surface area contributed by atoms with Gasteiger partial charge < -0.3 is 20.1 Å². The maximum atomic E-state index is 12.1. The molecule has 1 fully saturated rings. The fraction of sp³-hybridized carbons (Fsp3) is 0.562. The van der Waals surface area contributed by atoms with E-state index in [1.807, 2.05) is 12.1 Å². The van der Waals surface area contributed by atoms with E-state index in [-0.39, 0.29) is 5.91 Å². The molecule has 0 saturated carbocycles. The lowest BCUT2D eigenvalue weighted by Gasteiger charge is -2.10. The van der Waals surface area contributed by atoms with Gasteiger partial charge in [0.05, 0.1) is 6.61 Å². The number of amides is 1. The maximum absolute atomic E-state index is 12.1. The van der Waals surface area contributed by atoms with Gasteiger partial charge in [-0.05, 0) is 50.0 Å². The van der Waals surface area contributed by atoms with Crippen LogP contribution in [0.1, 0.15) is 23.2 Å². The van der Waals surface area contributed by atoms with E-state index in [1.54, 1.807) is 19.2 Å². The molecule has 1 aliphatic rings. The van der Waals surface area contributed by atoms with Crippen LogP contribution in [0.5, 0.6) is 5.75 Å². The molecular weight excluding hydrogens is 268 g/mol. The fourth-order valence-corrected chi connectivity index (χ4v) is 2.42. The average Bonchev–Trinajstić information content (AvgIpc) is 3.01. The Morgan fingerprint density at radius 3 is 3.10 bits per heavy atom. The lowest BCUT2D eigenvalue weighted by molar-refractivity contribution is 0.0951. The van der Waals surface area contributed by atoms with Crippen molar-refractivity contribution in [3.8, 4) is 5.75 Å². The minimum absolute atomic E-state index is 0.0434. The quantitative estimate of drug-likeness (QED) is 0.712. The Kier molecular flexibility index (Phi) is 6.50. The van der Waals surface area contributed by atoms with Crippen molar-refractivity contribution < 1.29 is 14.3 Å². The normalized spacial score (nSPS) is 17.7. The topological polar surface area (TPSA) is 59.6 Å². The predicted molar refractivity (Wildman–Crippen MR) is 81.7 cm³/mol. The van der Waals surface area contributed by atoms with E-state index in [2.05, 4.69) is 10.6 Å². The average molecular weight is 292 g/mol. The van der Waals surface area contributed by atoms with Gasteiger partial charge in [-0.3, -0.25) is 4.79 Å². The molecule has 5 nitrogen and oxygen atoms in total. The van der Waals surface area contributed by atoms with E-state index in [1.165, 1.54) is 6.42 Å². The van der Waals surface area contributed by atoms with Crippen molar-refractivity contribution in [2.75, 3.05) is 40.0 Å². The van der Waals surface area contributed by atoms with Gasteiger partial charge >= 0.3 is 0 Å². The molecular formula is C16H24N2O3. The molecule has 21 heavy (non-hydrogen) atoms. The molecule has 116 valence electrons. The van der Waals surface area contributed by atoms with Gasteiger partial charge in [0.1, 0.15) is 12.4 Å². The minimum Gasteiger partial charge on any atom is -0.491 e. The summed E-state index contributed by atoms with van der Waals surface area (Å²) in [5, 5.41) is 6.31. The molecule has 1 saturated heterocycles. The van der Waals surface area contributed by atoms with Gasteiger partial charge in [-0.25, -0.2) is 0 Å². The zero-order valence-corrected chi connectivity index (χ0v) is 12.6. The molecule has 5 heteroatoms. The van der Waals surface area contributed by atoms with Gasteiger partial charge in [0.25, 0.3) is 5.91 Å². The van der Waals surface area contributed by atoms with Crippen LogP contribution >= 0.6 is 0 Å². The number of carbonyl (C=O) groups excluding carboxylic acids is 1. The summed E-state index contributed by atoms with van der Waals surface area (Å²) in [5.74, 6) is 1.34. The van der Waals surface area contributed by atoms with Crippen LogP contribution < -0.4 is 15.4 Å². The zero-order valence-electron chi connectivity index (χ0n) is 12.6. The van der Waals surface area contributed by atoms with Crippen LogP contribution in [0, 0.1) is 5.92 Å². The summed E-state index contributed by atoms with van der Waals surface area (Å²) in [7, 11) is 1.63. The van der Waals surface area contributed by atoms with E-state index in [0.717, 1.165) is 26.1 Å². The maximum Gasteiger partial charge on any atom is 0.251 e. The van der Waals surface area contributed by atoms with Crippen molar-refractivity contribution in [3.63, 3.8) is 0 Å². The van der Waals surface area contributed by atoms with E-state index in [4.69, 9.17) is 9.47 Å². The molecule has 0 spiro atoms. The van der Waals surface area contributed by atoms with Crippen LogP contribution in [0.15, 0.2) is 24.3 Å². The van der Waals surface area contributed by atoms with Crippen LogP contribution in [-0.2, 0) is 4.74 Å². The molecule has 1 atom stereocenters. The summed E-state index contributed by atoms with van der Waals surface area (Å²) in [6, 6.07) is 7.24. The first-order chi connectivity index (χ1) is 10.3. The molecule has 1 unspecified atom stereocenters. The first-order valence-electron chi connectivity index (χ1n) is 7.50. The number of hydrogen-bond donors (Lipinski definition) is 2. The van der Waals surface area contributed by atoms with Gasteiger partial charge in [0, 0.05) is 19.2 Å². The largest absolute Gasteiger partial charge is 0.491 e. The fourth-order valence-electron chi connectivity index (χ4n) is 2.42. The van der Waals surface area contributed by atoms with Gasteiger partial charge in [-0.2, -0.15) is 0 Å². The lowest BCUT2D eigenvalue weighted by atomic mass is 10.1. The smallest absolute Gasteiger partial charge is 0.251 e.